The summed E-state index contributed by atoms with van der Waals surface area (Å²) in [6.45, 7) is 1.51. The molecule has 3 rings (SSSR count). The van der Waals surface area contributed by atoms with Crippen LogP contribution in [0.2, 0.25) is 0 Å². The Labute approximate surface area is 108 Å². The lowest BCUT2D eigenvalue weighted by Gasteiger charge is -2.37. The van der Waals surface area contributed by atoms with Crippen molar-refractivity contribution in [3.05, 3.63) is 0 Å². The molecule has 0 radical (unpaired) electrons. The number of carbonyl (C=O) groups is 1. The molecule has 4 nitrogen and oxygen atoms in total. The first-order valence-electron chi connectivity index (χ1n) is 7.31. The molecular weight excluding hydrogens is 230 g/mol. The summed E-state index contributed by atoms with van der Waals surface area (Å²) in [4.78, 5) is 11.2. The zero-order chi connectivity index (χ0) is 12.4. The Balaban J connectivity index is 1.44. The second kappa shape index (κ2) is 5.27. The second-order valence-electron chi connectivity index (χ2n) is 5.86. The molecule has 102 valence electrons. The summed E-state index contributed by atoms with van der Waals surface area (Å²) < 4.78 is 11.5. The van der Waals surface area contributed by atoms with E-state index in [9.17, 15) is 4.79 Å². The van der Waals surface area contributed by atoms with Gasteiger partial charge in [-0.25, -0.2) is 0 Å². The van der Waals surface area contributed by atoms with E-state index in [0.29, 0.717) is 17.9 Å². The van der Waals surface area contributed by atoms with E-state index >= 15 is 0 Å². The van der Waals surface area contributed by atoms with Crippen LogP contribution < -0.4 is 5.32 Å². The van der Waals surface area contributed by atoms with E-state index in [4.69, 9.17) is 9.47 Å². The molecule has 1 aliphatic heterocycles. The van der Waals surface area contributed by atoms with Crippen LogP contribution in [0.5, 0.6) is 0 Å². The van der Waals surface area contributed by atoms with Crippen molar-refractivity contribution in [2.24, 2.45) is 0 Å². The van der Waals surface area contributed by atoms with Gasteiger partial charge in [-0.2, -0.15) is 0 Å². The third-order valence-corrected chi connectivity index (χ3v) is 4.58. The smallest absolute Gasteiger partial charge is 0.168 e. The molecule has 0 amide bonds. The Bertz CT molecular complexity index is 292. The molecule has 0 aromatic carbocycles. The van der Waals surface area contributed by atoms with Gasteiger partial charge in [0.25, 0.3) is 0 Å². The lowest BCUT2D eigenvalue weighted by Crippen LogP contribution is -2.46. The molecule has 18 heavy (non-hydrogen) atoms. The highest BCUT2D eigenvalue weighted by atomic mass is 16.7. The van der Waals surface area contributed by atoms with E-state index in [1.54, 1.807) is 0 Å². The Morgan fingerprint density at radius 3 is 2.11 bits per heavy atom. The molecule has 2 aliphatic carbocycles. The topological polar surface area (TPSA) is 47.6 Å². The number of carbonyl (C=O) groups excluding carboxylic acids is 1. The predicted octanol–water partition coefficient (Wildman–Crippen LogP) is 1.77. The first kappa shape index (κ1) is 12.6. The maximum absolute atomic E-state index is 11.2. The molecule has 1 saturated heterocycles. The van der Waals surface area contributed by atoms with Crippen molar-refractivity contribution >= 4 is 5.78 Å². The van der Waals surface area contributed by atoms with Gasteiger partial charge in [0.05, 0.1) is 13.2 Å². The van der Waals surface area contributed by atoms with Crippen molar-refractivity contribution in [1.29, 1.82) is 0 Å². The van der Waals surface area contributed by atoms with Gasteiger partial charge in [-0.05, 0) is 25.7 Å². The standard InChI is InChI=1S/C14H23NO3/c16-13-3-1-11(2-4-13)15-12-5-7-14(8-6-12)17-9-10-18-14/h11-12,15H,1-10H2. The summed E-state index contributed by atoms with van der Waals surface area (Å²) in [5, 5.41) is 3.72. The third-order valence-electron chi connectivity index (χ3n) is 4.58. The normalized spacial score (nSPS) is 30.1. The fraction of sp³-hybridized carbons (Fsp3) is 0.929. The van der Waals surface area contributed by atoms with Gasteiger partial charge in [0.2, 0.25) is 0 Å². The Kier molecular flexibility index (Phi) is 3.68. The maximum atomic E-state index is 11.2. The molecule has 0 aromatic heterocycles. The molecule has 1 heterocycles. The minimum atomic E-state index is -0.249. The number of rotatable bonds is 2. The van der Waals surface area contributed by atoms with Crippen LogP contribution in [0.15, 0.2) is 0 Å². The molecule has 0 aromatic rings. The molecule has 0 unspecified atom stereocenters. The average molecular weight is 253 g/mol. The SMILES string of the molecule is O=C1CCC(NC2CCC3(CC2)OCCO3)CC1. The predicted molar refractivity (Wildman–Crippen MR) is 67.3 cm³/mol. The van der Waals surface area contributed by atoms with Gasteiger partial charge in [-0.15, -0.1) is 0 Å². The third kappa shape index (κ3) is 2.76. The van der Waals surface area contributed by atoms with Crippen molar-refractivity contribution in [1.82, 2.24) is 5.32 Å². The molecule has 3 fully saturated rings. The first-order valence-corrected chi connectivity index (χ1v) is 7.31. The fourth-order valence-electron chi connectivity index (χ4n) is 3.45. The van der Waals surface area contributed by atoms with Gasteiger partial charge in [-0.1, -0.05) is 0 Å². The summed E-state index contributed by atoms with van der Waals surface area (Å²) in [5.41, 5.74) is 0. The lowest BCUT2D eigenvalue weighted by molar-refractivity contribution is -0.179. The van der Waals surface area contributed by atoms with Gasteiger partial charge in [0, 0.05) is 37.8 Å². The van der Waals surface area contributed by atoms with Crippen LogP contribution in [-0.2, 0) is 14.3 Å². The van der Waals surface area contributed by atoms with Crippen LogP contribution in [0.25, 0.3) is 0 Å². The Morgan fingerprint density at radius 1 is 0.944 bits per heavy atom. The molecule has 1 spiro atoms. The quantitative estimate of drug-likeness (QED) is 0.815. The van der Waals surface area contributed by atoms with Crippen LogP contribution in [0, 0.1) is 0 Å². The van der Waals surface area contributed by atoms with Crippen molar-refractivity contribution < 1.29 is 14.3 Å². The summed E-state index contributed by atoms with van der Waals surface area (Å²) in [6.07, 6.45) is 7.85. The number of hydrogen-bond donors (Lipinski definition) is 1. The Hall–Kier alpha value is -0.450. The minimum Gasteiger partial charge on any atom is -0.348 e. The number of ether oxygens (including phenoxy) is 2. The molecule has 3 aliphatic rings. The van der Waals surface area contributed by atoms with Gasteiger partial charge < -0.3 is 14.8 Å². The van der Waals surface area contributed by atoms with Crippen LogP contribution in [-0.4, -0.2) is 36.9 Å². The van der Waals surface area contributed by atoms with Crippen LogP contribution >= 0.6 is 0 Å². The summed E-state index contributed by atoms with van der Waals surface area (Å²) in [7, 11) is 0. The van der Waals surface area contributed by atoms with Gasteiger partial charge in [0.1, 0.15) is 5.78 Å². The van der Waals surface area contributed by atoms with Gasteiger partial charge in [0.15, 0.2) is 5.79 Å². The molecule has 2 saturated carbocycles. The summed E-state index contributed by atoms with van der Waals surface area (Å²) in [6, 6.07) is 1.13. The molecule has 1 N–H and O–H groups in total. The zero-order valence-corrected chi connectivity index (χ0v) is 11.0. The van der Waals surface area contributed by atoms with Crippen molar-refractivity contribution in [3.8, 4) is 0 Å². The largest absolute Gasteiger partial charge is 0.348 e. The minimum absolute atomic E-state index is 0.249. The monoisotopic (exact) mass is 253 g/mol. The van der Waals surface area contributed by atoms with E-state index in [-0.39, 0.29) is 5.79 Å². The van der Waals surface area contributed by atoms with E-state index in [1.807, 2.05) is 0 Å². The fourth-order valence-corrected chi connectivity index (χ4v) is 3.45. The highest BCUT2D eigenvalue weighted by molar-refractivity contribution is 5.79. The molecule has 0 atom stereocenters. The van der Waals surface area contributed by atoms with Crippen molar-refractivity contribution in [2.75, 3.05) is 13.2 Å². The summed E-state index contributed by atoms with van der Waals surface area (Å²) in [5.74, 6) is 0.184. The highest BCUT2D eigenvalue weighted by Gasteiger charge is 2.40. The maximum Gasteiger partial charge on any atom is 0.168 e. The van der Waals surface area contributed by atoms with Crippen LogP contribution in [0.4, 0.5) is 0 Å². The number of hydrogen-bond acceptors (Lipinski definition) is 4. The second-order valence-corrected chi connectivity index (χ2v) is 5.86. The molecule has 4 heteroatoms. The van der Waals surface area contributed by atoms with Crippen LogP contribution in [0.1, 0.15) is 51.4 Å². The summed E-state index contributed by atoms with van der Waals surface area (Å²) >= 11 is 0. The van der Waals surface area contributed by atoms with E-state index < -0.39 is 0 Å². The highest BCUT2D eigenvalue weighted by Crippen LogP contribution is 2.36. The Morgan fingerprint density at radius 2 is 1.50 bits per heavy atom. The number of ketones is 1. The number of Topliss-reactive ketones (excluding diaryl/α,β-unsaturated/α-hetero) is 1. The molecular formula is C14H23NO3. The average Bonchev–Trinajstić information content (AvgIpc) is 2.84. The molecule has 0 bridgehead atoms. The van der Waals surface area contributed by atoms with Gasteiger partial charge >= 0.3 is 0 Å². The number of nitrogens with one attached hydrogen (secondary N) is 1. The van der Waals surface area contributed by atoms with E-state index in [0.717, 1.165) is 64.6 Å². The zero-order valence-electron chi connectivity index (χ0n) is 11.0. The van der Waals surface area contributed by atoms with Crippen molar-refractivity contribution in [3.63, 3.8) is 0 Å². The van der Waals surface area contributed by atoms with Crippen molar-refractivity contribution in [2.45, 2.75) is 69.2 Å². The van der Waals surface area contributed by atoms with Gasteiger partial charge in [-0.3, -0.25) is 4.79 Å². The first-order chi connectivity index (χ1) is 8.76. The lowest BCUT2D eigenvalue weighted by atomic mass is 9.87. The van der Waals surface area contributed by atoms with Crippen LogP contribution in [0.3, 0.4) is 0 Å². The van der Waals surface area contributed by atoms with E-state index in [1.165, 1.54) is 0 Å². The van der Waals surface area contributed by atoms with E-state index in [2.05, 4.69) is 5.32 Å².